The van der Waals surface area contributed by atoms with Crippen LogP contribution in [0.2, 0.25) is 0 Å². The molecule has 2 rings (SSSR count). The van der Waals surface area contributed by atoms with Gasteiger partial charge in [-0.2, -0.15) is 13.1 Å². The van der Waals surface area contributed by atoms with E-state index >= 15 is 0 Å². The molecule has 2 N–H and O–H groups in total. The van der Waals surface area contributed by atoms with Crippen LogP contribution in [0.1, 0.15) is 18.5 Å². The van der Waals surface area contributed by atoms with Gasteiger partial charge >= 0.3 is 5.97 Å². The third-order valence-corrected chi connectivity index (χ3v) is 4.38. The van der Waals surface area contributed by atoms with Gasteiger partial charge in [0.2, 0.25) is 0 Å². The van der Waals surface area contributed by atoms with E-state index in [4.69, 9.17) is 4.74 Å². The summed E-state index contributed by atoms with van der Waals surface area (Å²) in [6.07, 6.45) is 1.16. The molecule has 0 spiro atoms. The van der Waals surface area contributed by atoms with Crippen LogP contribution in [0.5, 0.6) is 0 Å². The number of benzene rings is 1. The summed E-state index contributed by atoms with van der Waals surface area (Å²) < 4.78 is 33.5. The van der Waals surface area contributed by atoms with Gasteiger partial charge in [-0.1, -0.05) is 34.1 Å². The molecular formula is C12H13BrN2O4S. The van der Waals surface area contributed by atoms with E-state index in [2.05, 4.69) is 25.4 Å². The predicted molar refractivity (Wildman–Crippen MR) is 76.8 cm³/mol. The second kappa shape index (κ2) is 5.94. The smallest absolute Gasteiger partial charge is 0.337 e. The molecule has 0 amide bonds. The number of carbonyl (C=O) groups is 1. The van der Waals surface area contributed by atoms with Gasteiger partial charge in [-0.15, -0.1) is 0 Å². The van der Waals surface area contributed by atoms with Crippen molar-refractivity contribution in [3.05, 3.63) is 46.1 Å². The Bertz CT molecular complexity index is 657. The van der Waals surface area contributed by atoms with Crippen LogP contribution in [0.15, 0.2) is 40.5 Å². The van der Waals surface area contributed by atoms with Crippen molar-refractivity contribution >= 4 is 32.1 Å². The molecule has 6 nitrogen and oxygen atoms in total. The largest absolute Gasteiger partial charge is 0.463 e. The molecule has 20 heavy (non-hydrogen) atoms. The minimum atomic E-state index is -3.68. The highest BCUT2D eigenvalue weighted by molar-refractivity contribution is 9.10. The number of rotatable bonds is 3. The van der Waals surface area contributed by atoms with Crippen LogP contribution < -0.4 is 9.44 Å². The molecule has 0 aromatic heterocycles. The van der Waals surface area contributed by atoms with E-state index in [0.717, 1.165) is 6.20 Å². The number of hydrogen-bond donors (Lipinski definition) is 2. The van der Waals surface area contributed by atoms with Crippen LogP contribution in [0.3, 0.4) is 0 Å². The lowest BCUT2D eigenvalue weighted by Gasteiger charge is -2.25. The third-order valence-electron chi connectivity index (χ3n) is 2.68. The van der Waals surface area contributed by atoms with Crippen molar-refractivity contribution in [3.63, 3.8) is 0 Å². The lowest BCUT2D eigenvalue weighted by atomic mass is 10.0. The van der Waals surface area contributed by atoms with E-state index in [1.165, 1.54) is 0 Å². The Labute approximate surface area is 125 Å². The second-order valence-electron chi connectivity index (χ2n) is 4.01. The predicted octanol–water partition coefficient (Wildman–Crippen LogP) is 1.37. The summed E-state index contributed by atoms with van der Waals surface area (Å²) in [7, 11) is -3.68. The second-order valence-corrected chi connectivity index (χ2v) is 6.35. The molecule has 0 saturated carbocycles. The van der Waals surface area contributed by atoms with Gasteiger partial charge in [0, 0.05) is 10.7 Å². The first kappa shape index (κ1) is 15.0. The van der Waals surface area contributed by atoms with Gasteiger partial charge in [-0.25, -0.2) is 4.79 Å². The average molecular weight is 361 g/mol. The zero-order valence-corrected chi connectivity index (χ0v) is 13.0. The van der Waals surface area contributed by atoms with Gasteiger partial charge < -0.3 is 4.74 Å². The Kier molecular flexibility index (Phi) is 4.46. The van der Waals surface area contributed by atoms with E-state index in [9.17, 15) is 13.2 Å². The summed E-state index contributed by atoms with van der Waals surface area (Å²) in [6, 6.07) is 6.27. The molecule has 0 saturated heterocycles. The molecule has 0 bridgehead atoms. The van der Waals surface area contributed by atoms with E-state index in [1.54, 1.807) is 31.2 Å². The van der Waals surface area contributed by atoms with Crippen LogP contribution >= 0.6 is 15.9 Å². The third kappa shape index (κ3) is 3.20. The summed E-state index contributed by atoms with van der Waals surface area (Å²) >= 11 is 3.35. The number of ether oxygens (including phenoxy) is 1. The zero-order chi connectivity index (χ0) is 14.8. The number of nitrogens with one attached hydrogen (secondary N) is 2. The van der Waals surface area contributed by atoms with Crippen molar-refractivity contribution in [1.82, 2.24) is 9.44 Å². The molecule has 1 unspecified atom stereocenters. The van der Waals surface area contributed by atoms with Crippen molar-refractivity contribution in [2.24, 2.45) is 0 Å². The van der Waals surface area contributed by atoms with Gasteiger partial charge in [-0.3, -0.25) is 4.72 Å². The summed E-state index contributed by atoms with van der Waals surface area (Å²) in [6.45, 7) is 1.90. The molecule has 0 fully saturated rings. The van der Waals surface area contributed by atoms with Crippen molar-refractivity contribution in [2.75, 3.05) is 6.61 Å². The zero-order valence-electron chi connectivity index (χ0n) is 10.6. The molecule has 1 atom stereocenters. The van der Waals surface area contributed by atoms with E-state index < -0.39 is 22.2 Å². The molecule has 0 radical (unpaired) electrons. The van der Waals surface area contributed by atoms with Crippen LogP contribution in [0, 0.1) is 0 Å². The van der Waals surface area contributed by atoms with E-state index in [0.29, 0.717) is 10.0 Å². The molecule has 1 aliphatic heterocycles. The lowest BCUT2D eigenvalue weighted by Crippen LogP contribution is -2.43. The summed E-state index contributed by atoms with van der Waals surface area (Å²) in [5.41, 5.74) is 0.838. The number of hydrogen-bond acceptors (Lipinski definition) is 4. The van der Waals surface area contributed by atoms with E-state index in [1.807, 2.05) is 0 Å². The first-order valence-electron chi connectivity index (χ1n) is 5.86. The van der Waals surface area contributed by atoms with Crippen molar-refractivity contribution in [2.45, 2.75) is 13.0 Å². The van der Waals surface area contributed by atoms with Gasteiger partial charge in [0.05, 0.1) is 18.2 Å². The molecule has 0 aliphatic carbocycles. The molecule has 1 aromatic carbocycles. The van der Waals surface area contributed by atoms with E-state index in [-0.39, 0.29) is 12.2 Å². The average Bonchev–Trinajstić information content (AvgIpc) is 2.38. The first-order valence-corrected chi connectivity index (χ1v) is 8.13. The van der Waals surface area contributed by atoms with Crippen LogP contribution in [0.4, 0.5) is 0 Å². The lowest BCUT2D eigenvalue weighted by molar-refractivity contribution is -0.138. The maximum absolute atomic E-state index is 11.9. The molecule has 1 heterocycles. The minimum absolute atomic E-state index is 0.202. The first-order chi connectivity index (χ1) is 9.44. The topological polar surface area (TPSA) is 84.5 Å². The molecule has 8 heteroatoms. The molecular weight excluding hydrogens is 348 g/mol. The van der Waals surface area contributed by atoms with Crippen molar-refractivity contribution in [1.29, 1.82) is 0 Å². The normalized spacial score (nSPS) is 20.7. The maximum atomic E-state index is 11.9. The molecule has 1 aromatic rings. The highest BCUT2D eigenvalue weighted by Crippen LogP contribution is 2.30. The van der Waals surface area contributed by atoms with Gasteiger partial charge in [0.1, 0.15) is 0 Å². The number of carbonyl (C=O) groups excluding carboxylic acids is 1. The summed E-state index contributed by atoms with van der Waals surface area (Å²) in [5.74, 6) is -0.567. The quantitative estimate of drug-likeness (QED) is 0.797. The Morgan fingerprint density at radius 3 is 2.75 bits per heavy atom. The molecule has 1 aliphatic rings. The fourth-order valence-corrected chi connectivity index (χ4v) is 3.24. The van der Waals surface area contributed by atoms with Gasteiger partial charge in [0.25, 0.3) is 10.2 Å². The fourth-order valence-electron chi connectivity index (χ4n) is 1.81. The molecule has 108 valence electrons. The standard InChI is InChI=1S/C12H13BrN2O4S/c1-2-19-12(16)9-7-14-20(17,18)15-11(9)8-5-3-4-6-10(8)13/h3-7,11,14-15H,2H2,1H3. The minimum Gasteiger partial charge on any atom is -0.463 e. The van der Waals surface area contributed by atoms with Gasteiger partial charge in [-0.05, 0) is 18.6 Å². The highest BCUT2D eigenvalue weighted by Gasteiger charge is 2.32. The highest BCUT2D eigenvalue weighted by atomic mass is 79.9. The number of halogens is 1. The maximum Gasteiger partial charge on any atom is 0.337 e. The van der Waals surface area contributed by atoms with Crippen LogP contribution in [0.25, 0.3) is 0 Å². The summed E-state index contributed by atoms with van der Waals surface area (Å²) in [4.78, 5) is 11.9. The fraction of sp³-hybridized carbons (Fsp3) is 0.250. The van der Waals surface area contributed by atoms with Crippen molar-refractivity contribution in [3.8, 4) is 0 Å². The Morgan fingerprint density at radius 1 is 1.40 bits per heavy atom. The number of esters is 1. The Hall–Kier alpha value is -1.38. The SMILES string of the molecule is CCOC(=O)C1=CNS(=O)(=O)NC1c1ccccc1Br. The monoisotopic (exact) mass is 360 g/mol. The summed E-state index contributed by atoms with van der Waals surface area (Å²) in [5, 5.41) is 0. The van der Waals surface area contributed by atoms with Crippen molar-refractivity contribution < 1.29 is 17.9 Å². The van der Waals surface area contributed by atoms with Crippen LogP contribution in [-0.2, 0) is 19.7 Å². The Balaban J connectivity index is 2.46. The Morgan fingerprint density at radius 2 is 2.10 bits per heavy atom. The van der Waals surface area contributed by atoms with Gasteiger partial charge in [0.15, 0.2) is 0 Å². The van der Waals surface area contributed by atoms with Crippen LogP contribution in [-0.4, -0.2) is 21.0 Å².